The maximum atomic E-state index is 12.8. The maximum absolute atomic E-state index is 12.8. The summed E-state index contributed by atoms with van der Waals surface area (Å²) in [5, 5.41) is 9.40. The summed E-state index contributed by atoms with van der Waals surface area (Å²) in [6.45, 7) is 1.14. The minimum atomic E-state index is -0.934. The fourth-order valence-corrected chi connectivity index (χ4v) is 3.58. The first kappa shape index (κ1) is 18.8. The summed E-state index contributed by atoms with van der Waals surface area (Å²) in [5.41, 5.74) is 1.88. The number of amides is 1. The molecule has 0 bridgehead atoms. The molecule has 2 aromatic carbocycles. The van der Waals surface area contributed by atoms with Crippen LogP contribution in [0.2, 0.25) is 0 Å². The lowest BCUT2D eigenvalue weighted by Gasteiger charge is -2.18. The molecule has 6 heteroatoms. The van der Waals surface area contributed by atoms with E-state index in [-0.39, 0.29) is 18.2 Å². The van der Waals surface area contributed by atoms with Crippen LogP contribution in [0.5, 0.6) is 11.5 Å². The molecule has 1 aliphatic heterocycles. The minimum Gasteiger partial charge on any atom is -0.497 e. The molecule has 1 aliphatic rings. The molecule has 0 aliphatic carbocycles. The molecule has 0 unspecified atom stereocenters. The molecule has 3 rings (SSSR count). The third-order valence-electron chi connectivity index (χ3n) is 5.00. The van der Waals surface area contributed by atoms with E-state index in [0.717, 1.165) is 17.5 Å². The number of nitrogens with zero attached hydrogens (tertiary/aromatic N) is 1. The molecule has 6 nitrogen and oxygen atoms in total. The van der Waals surface area contributed by atoms with Gasteiger partial charge in [-0.05, 0) is 36.2 Å². The largest absolute Gasteiger partial charge is 0.497 e. The van der Waals surface area contributed by atoms with E-state index in [4.69, 9.17) is 9.47 Å². The second kappa shape index (κ2) is 8.12. The Kier molecular flexibility index (Phi) is 5.64. The lowest BCUT2D eigenvalue weighted by Crippen LogP contribution is -2.30. The molecule has 1 N–H and O–H groups in total. The molecular formula is C21H23NO5. The number of aromatic carboxylic acids is 1. The van der Waals surface area contributed by atoms with Crippen LogP contribution >= 0.6 is 0 Å². The Hall–Kier alpha value is -3.02. The summed E-state index contributed by atoms with van der Waals surface area (Å²) in [6.07, 6.45) is 0.971. The Labute approximate surface area is 158 Å². The van der Waals surface area contributed by atoms with Gasteiger partial charge >= 0.3 is 5.97 Å². The SMILES string of the molecule is COc1ccc(OC)c(CC(=O)N2CC[C@H](c3ccccc3C(=O)O)C2)c1. The first-order valence-corrected chi connectivity index (χ1v) is 8.84. The number of benzene rings is 2. The van der Waals surface area contributed by atoms with Crippen LogP contribution in [0.3, 0.4) is 0 Å². The normalized spacial score (nSPS) is 16.2. The molecular weight excluding hydrogens is 346 g/mol. The quantitative estimate of drug-likeness (QED) is 0.847. The topological polar surface area (TPSA) is 76.1 Å². The van der Waals surface area contributed by atoms with Gasteiger partial charge < -0.3 is 19.5 Å². The van der Waals surface area contributed by atoms with Crippen LogP contribution in [0.15, 0.2) is 42.5 Å². The highest BCUT2D eigenvalue weighted by molar-refractivity contribution is 5.89. The van der Waals surface area contributed by atoms with E-state index >= 15 is 0 Å². The standard InChI is InChI=1S/C21H23NO5/c1-26-16-7-8-19(27-2)15(11-16)12-20(23)22-10-9-14(13-22)17-5-3-4-6-18(17)21(24)25/h3-8,11,14H,9-10,12-13H2,1-2H3,(H,24,25)/t14-/m0/s1. The van der Waals surface area contributed by atoms with Gasteiger partial charge in [-0.2, -0.15) is 0 Å². The van der Waals surface area contributed by atoms with Gasteiger partial charge in [0.05, 0.1) is 26.2 Å². The molecule has 1 saturated heterocycles. The summed E-state index contributed by atoms with van der Waals surface area (Å²) < 4.78 is 10.6. The number of carbonyl (C=O) groups excluding carboxylic acids is 1. The summed E-state index contributed by atoms with van der Waals surface area (Å²) in [6, 6.07) is 12.4. The van der Waals surface area contributed by atoms with Crippen LogP contribution in [-0.4, -0.2) is 49.2 Å². The predicted molar refractivity (Wildman–Crippen MR) is 101 cm³/mol. The van der Waals surface area contributed by atoms with Gasteiger partial charge in [0.1, 0.15) is 11.5 Å². The van der Waals surface area contributed by atoms with Gasteiger partial charge in [0.15, 0.2) is 0 Å². The van der Waals surface area contributed by atoms with Gasteiger partial charge in [-0.1, -0.05) is 18.2 Å². The zero-order valence-corrected chi connectivity index (χ0v) is 15.5. The Bertz CT molecular complexity index is 848. The van der Waals surface area contributed by atoms with Gasteiger partial charge in [-0.15, -0.1) is 0 Å². The van der Waals surface area contributed by atoms with Gasteiger partial charge in [0.2, 0.25) is 5.91 Å². The van der Waals surface area contributed by atoms with Crippen LogP contribution in [0.4, 0.5) is 0 Å². The number of rotatable bonds is 6. The Morgan fingerprint density at radius 1 is 1.15 bits per heavy atom. The van der Waals surface area contributed by atoms with Crippen molar-refractivity contribution in [1.82, 2.24) is 4.90 Å². The fourth-order valence-electron chi connectivity index (χ4n) is 3.58. The van der Waals surface area contributed by atoms with Crippen molar-refractivity contribution >= 4 is 11.9 Å². The monoisotopic (exact) mass is 369 g/mol. The summed E-state index contributed by atoms with van der Waals surface area (Å²) in [7, 11) is 3.16. The first-order chi connectivity index (χ1) is 13.0. The van der Waals surface area contributed by atoms with Gasteiger partial charge in [-0.25, -0.2) is 4.79 Å². The van der Waals surface area contributed by atoms with E-state index in [1.807, 2.05) is 18.2 Å². The molecule has 0 saturated carbocycles. The predicted octanol–water partition coefficient (Wildman–Crippen LogP) is 2.96. The van der Waals surface area contributed by atoms with Gasteiger partial charge in [-0.3, -0.25) is 4.79 Å². The smallest absolute Gasteiger partial charge is 0.335 e. The molecule has 2 aromatic rings. The van der Waals surface area contributed by atoms with Crippen molar-refractivity contribution in [3.8, 4) is 11.5 Å². The Morgan fingerprint density at radius 3 is 2.63 bits per heavy atom. The van der Waals surface area contributed by atoms with Gasteiger partial charge in [0, 0.05) is 24.6 Å². The number of likely N-dealkylation sites (tertiary alicyclic amines) is 1. The first-order valence-electron chi connectivity index (χ1n) is 8.84. The highest BCUT2D eigenvalue weighted by atomic mass is 16.5. The summed E-state index contributed by atoms with van der Waals surface area (Å²) in [5.74, 6) is 0.422. The van der Waals surface area contributed by atoms with Crippen LogP contribution in [-0.2, 0) is 11.2 Å². The molecule has 0 spiro atoms. The molecule has 1 fully saturated rings. The third-order valence-corrected chi connectivity index (χ3v) is 5.00. The third kappa shape index (κ3) is 4.05. The van der Waals surface area contributed by atoms with Crippen molar-refractivity contribution in [2.45, 2.75) is 18.8 Å². The van der Waals surface area contributed by atoms with Crippen molar-refractivity contribution in [1.29, 1.82) is 0 Å². The van der Waals surface area contributed by atoms with Gasteiger partial charge in [0.25, 0.3) is 0 Å². The average Bonchev–Trinajstić information content (AvgIpc) is 3.18. The van der Waals surface area contributed by atoms with E-state index in [0.29, 0.717) is 30.2 Å². The van der Waals surface area contributed by atoms with Crippen molar-refractivity contribution in [2.75, 3.05) is 27.3 Å². The maximum Gasteiger partial charge on any atom is 0.335 e. The number of carboxylic acid groups (broad SMARTS) is 1. The second-order valence-corrected chi connectivity index (χ2v) is 6.57. The Morgan fingerprint density at radius 2 is 1.93 bits per heavy atom. The fraction of sp³-hybridized carbons (Fsp3) is 0.333. The van der Waals surface area contributed by atoms with E-state index in [2.05, 4.69) is 0 Å². The average molecular weight is 369 g/mol. The number of carbonyl (C=O) groups is 2. The lowest BCUT2D eigenvalue weighted by molar-refractivity contribution is -0.129. The van der Waals surface area contributed by atoms with Crippen molar-refractivity contribution in [2.24, 2.45) is 0 Å². The molecule has 1 atom stereocenters. The van der Waals surface area contributed by atoms with Crippen LogP contribution in [0.1, 0.15) is 33.8 Å². The summed E-state index contributed by atoms with van der Waals surface area (Å²) >= 11 is 0. The highest BCUT2D eigenvalue weighted by Gasteiger charge is 2.30. The van der Waals surface area contributed by atoms with E-state index in [9.17, 15) is 14.7 Å². The molecule has 1 heterocycles. The second-order valence-electron chi connectivity index (χ2n) is 6.57. The molecule has 142 valence electrons. The van der Waals surface area contributed by atoms with E-state index in [1.165, 1.54) is 0 Å². The zero-order chi connectivity index (χ0) is 19.4. The molecule has 0 radical (unpaired) electrons. The zero-order valence-electron chi connectivity index (χ0n) is 15.5. The number of carboxylic acids is 1. The minimum absolute atomic E-state index is 0.00291. The van der Waals surface area contributed by atoms with Crippen molar-refractivity contribution < 1.29 is 24.2 Å². The number of methoxy groups -OCH3 is 2. The molecule has 0 aromatic heterocycles. The van der Waals surface area contributed by atoms with Crippen LogP contribution < -0.4 is 9.47 Å². The number of hydrogen-bond acceptors (Lipinski definition) is 4. The number of hydrogen-bond donors (Lipinski definition) is 1. The summed E-state index contributed by atoms with van der Waals surface area (Å²) in [4.78, 5) is 26.0. The van der Waals surface area contributed by atoms with E-state index < -0.39 is 5.97 Å². The number of ether oxygens (including phenoxy) is 2. The molecule has 1 amide bonds. The van der Waals surface area contributed by atoms with Crippen LogP contribution in [0, 0.1) is 0 Å². The van der Waals surface area contributed by atoms with Crippen molar-refractivity contribution in [3.63, 3.8) is 0 Å². The van der Waals surface area contributed by atoms with E-state index in [1.54, 1.807) is 43.4 Å². The van der Waals surface area contributed by atoms with Crippen LogP contribution in [0.25, 0.3) is 0 Å². The Balaban J connectivity index is 1.73. The molecule has 27 heavy (non-hydrogen) atoms. The lowest BCUT2D eigenvalue weighted by atomic mass is 9.93. The highest BCUT2D eigenvalue weighted by Crippen LogP contribution is 2.31. The van der Waals surface area contributed by atoms with Crippen molar-refractivity contribution in [3.05, 3.63) is 59.2 Å².